The molecule has 0 aliphatic carbocycles. The maximum absolute atomic E-state index is 9.56. The van der Waals surface area contributed by atoms with Crippen LogP contribution >= 0.6 is 11.6 Å². The summed E-state index contributed by atoms with van der Waals surface area (Å²) in [6, 6.07) is 0. The van der Waals surface area contributed by atoms with Crippen molar-refractivity contribution in [3.8, 4) is 5.75 Å². The van der Waals surface area contributed by atoms with Gasteiger partial charge >= 0.3 is 0 Å². The molecule has 0 aliphatic heterocycles. The summed E-state index contributed by atoms with van der Waals surface area (Å²) >= 11 is 5.70. The molecule has 0 aromatic carbocycles. The molecule has 0 bridgehead atoms. The van der Waals surface area contributed by atoms with Crippen molar-refractivity contribution in [2.45, 2.75) is 26.1 Å². The molecule has 66 valence electrons. The second kappa shape index (κ2) is 3.76. The van der Waals surface area contributed by atoms with Gasteiger partial charge in [-0.15, -0.1) is 11.6 Å². The molecule has 0 spiro atoms. The summed E-state index contributed by atoms with van der Waals surface area (Å²) in [5, 5.41) is 9.56. The number of pyridine rings is 1. The minimum absolute atomic E-state index is 0.240. The summed E-state index contributed by atoms with van der Waals surface area (Å²) in [6.07, 6.45) is 2.62. The molecule has 1 heterocycles. The molecule has 3 heteroatoms. The van der Waals surface area contributed by atoms with Gasteiger partial charge in [0.15, 0.2) is 0 Å². The molecule has 1 N–H and O–H groups in total. The highest BCUT2D eigenvalue weighted by atomic mass is 35.5. The lowest BCUT2D eigenvalue weighted by molar-refractivity contribution is 0.461. The van der Waals surface area contributed by atoms with Crippen LogP contribution in [0.25, 0.3) is 0 Å². The predicted molar refractivity (Wildman–Crippen MR) is 49.6 cm³/mol. The first-order valence-electron chi connectivity index (χ1n) is 3.93. The topological polar surface area (TPSA) is 33.1 Å². The van der Waals surface area contributed by atoms with Gasteiger partial charge in [-0.25, -0.2) is 0 Å². The quantitative estimate of drug-likeness (QED) is 0.718. The highest BCUT2D eigenvalue weighted by Crippen LogP contribution is 2.25. The molecule has 0 amide bonds. The zero-order chi connectivity index (χ0) is 9.14. The van der Waals surface area contributed by atoms with Crippen LogP contribution in [0, 0.1) is 6.92 Å². The number of hydrogen-bond acceptors (Lipinski definition) is 2. The lowest BCUT2D eigenvalue weighted by atomic mass is 10.1. The van der Waals surface area contributed by atoms with Crippen LogP contribution in [0.4, 0.5) is 0 Å². The van der Waals surface area contributed by atoms with Gasteiger partial charge in [0.1, 0.15) is 5.75 Å². The number of hydrogen-bond donors (Lipinski definition) is 1. The van der Waals surface area contributed by atoms with Crippen molar-refractivity contribution in [3.05, 3.63) is 23.0 Å². The number of aromatic nitrogens is 1. The SMILES string of the molecule is CCc1cnc(C)c(O)c1CCl. The van der Waals surface area contributed by atoms with Gasteiger partial charge in [-0.3, -0.25) is 4.98 Å². The van der Waals surface area contributed by atoms with Gasteiger partial charge in [-0.2, -0.15) is 0 Å². The predicted octanol–water partition coefficient (Wildman–Crippen LogP) is 2.40. The van der Waals surface area contributed by atoms with Crippen LogP contribution < -0.4 is 0 Å². The fourth-order valence-corrected chi connectivity index (χ4v) is 1.44. The van der Waals surface area contributed by atoms with Gasteiger partial charge < -0.3 is 5.11 Å². The normalized spacial score (nSPS) is 10.2. The molecule has 1 aromatic rings. The Morgan fingerprint density at radius 3 is 2.75 bits per heavy atom. The third-order valence-electron chi connectivity index (χ3n) is 1.94. The Labute approximate surface area is 77.2 Å². The van der Waals surface area contributed by atoms with Crippen molar-refractivity contribution in [1.29, 1.82) is 0 Å². The molecule has 0 saturated carbocycles. The van der Waals surface area contributed by atoms with Gasteiger partial charge in [0.05, 0.1) is 11.6 Å². The Bertz CT molecular complexity index is 286. The third-order valence-corrected chi connectivity index (χ3v) is 2.21. The van der Waals surface area contributed by atoms with Crippen molar-refractivity contribution >= 4 is 11.6 Å². The number of nitrogens with zero attached hydrogens (tertiary/aromatic N) is 1. The smallest absolute Gasteiger partial charge is 0.141 e. The Kier molecular flexibility index (Phi) is 2.93. The van der Waals surface area contributed by atoms with Crippen LogP contribution in [0.15, 0.2) is 6.20 Å². The zero-order valence-corrected chi connectivity index (χ0v) is 8.02. The van der Waals surface area contributed by atoms with E-state index in [4.69, 9.17) is 11.6 Å². The molecule has 0 radical (unpaired) electrons. The number of aryl methyl sites for hydroxylation is 2. The van der Waals surface area contributed by atoms with E-state index in [1.165, 1.54) is 0 Å². The van der Waals surface area contributed by atoms with Crippen molar-refractivity contribution in [2.75, 3.05) is 0 Å². The maximum Gasteiger partial charge on any atom is 0.141 e. The molecular formula is C9H12ClNO. The first-order valence-corrected chi connectivity index (χ1v) is 4.46. The summed E-state index contributed by atoms with van der Waals surface area (Å²) in [5.41, 5.74) is 2.47. The maximum atomic E-state index is 9.56. The van der Waals surface area contributed by atoms with Crippen LogP contribution in [-0.2, 0) is 12.3 Å². The highest BCUT2D eigenvalue weighted by molar-refractivity contribution is 6.17. The highest BCUT2D eigenvalue weighted by Gasteiger charge is 2.08. The van der Waals surface area contributed by atoms with Crippen molar-refractivity contribution in [1.82, 2.24) is 4.98 Å². The van der Waals surface area contributed by atoms with Gasteiger partial charge in [0, 0.05) is 11.8 Å². The Balaban J connectivity index is 3.25. The van der Waals surface area contributed by atoms with Gasteiger partial charge in [0.25, 0.3) is 0 Å². The van der Waals surface area contributed by atoms with E-state index in [0.717, 1.165) is 17.5 Å². The van der Waals surface area contributed by atoms with E-state index in [1.807, 2.05) is 6.92 Å². The number of alkyl halides is 1. The first-order chi connectivity index (χ1) is 5.70. The number of rotatable bonds is 2. The van der Waals surface area contributed by atoms with E-state index >= 15 is 0 Å². The second-order valence-electron chi connectivity index (χ2n) is 2.68. The lowest BCUT2D eigenvalue weighted by Crippen LogP contribution is -1.95. The van der Waals surface area contributed by atoms with Crippen LogP contribution in [0.2, 0.25) is 0 Å². The largest absolute Gasteiger partial charge is 0.506 e. The Morgan fingerprint density at radius 2 is 2.25 bits per heavy atom. The van der Waals surface area contributed by atoms with Crippen LogP contribution in [0.5, 0.6) is 5.75 Å². The van der Waals surface area contributed by atoms with Crippen LogP contribution in [-0.4, -0.2) is 10.1 Å². The third kappa shape index (κ3) is 1.53. The fourth-order valence-electron chi connectivity index (χ4n) is 1.14. The summed E-state index contributed by atoms with van der Waals surface area (Å²) in [4.78, 5) is 4.05. The molecule has 1 rings (SSSR count). The number of halogens is 1. The van der Waals surface area contributed by atoms with Gasteiger partial charge in [-0.1, -0.05) is 6.92 Å². The summed E-state index contributed by atoms with van der Waals surface area (Å²) in [7, 11) is 0. The van der Waals surface area contributed by atoms with E-state index in [-0.39, 0.29) is 5.75 Å². The zero-order valence-electron chi connectivity index (χ0n) is 7.26. The first kappa shape index (κ1) is 9.33. The van der Waals surface area contributed by atoms with Gasteiger partial charge in [-0.05, 0) is 18.9 Å². The molecule has 2 nitrogen and oxygen atoms in total. The number of aromatic hydroxyl groups is 1. The average Bonchev–Trinajstić information content (AvgIpc) is 2.09. The van der Waals surface area contributed by atoms with Gasteiger partial charge in [0.2, 0.25) is 0 Å². The van der Waals surface area contributed by atoms with Crippen molar-refractivity contribution < 1.29 is 5.11 Å². The summed E-state index contributed by atoms with van der Waals surface area (Å²) in [6.45, 7) is 3.78. The van der Waals surface area contributed by atoms with E-state index in [9.17, 15) is 5.11 Å². The fraction of sp³-hybridized carbons (Fsp3) is 0.444. The lowest BCUT2D eigenvalue weighted by Gasteiger charge is -2.08. The Hall–Kier alpha value is -0.760. The summed E-state index contributed by atoms with van der Waals surface area (Å²) in [5.74, 6) is 0.586. The molecule has 12 heavy (non-hydrogen) atoms. The Morgan fingerprint density at radius 1 is 1.58 bits per heavy atom. The van der Waals surface area contributed by atoms with Crippen molar-refractivity contribution in [3.63, 3.8) is 0 Å². The molecule has 0 saturated heterocycles. The molecule has 1 aromatic heterocycles. The molecule has 0 fully saturated rings. The van der Waals surface area contributed by atoms with E-state index in [2.05, 4.69) is 4.98 Å². The summed E-state index contributed by atoms with van der Waals surface area (Å²) < 4.78 is 0. The minimum atomic E-state index is 0.240. The molecular weight excluding hydrogens is 174 g/mol. The van der Waals surface area contributed by atoms with E-state index in [1.54, 1.807) is 13.1 Å². The minimum Gasteiger partial charge on any atom is -0.506 e. The molecule has 0 unspecified atom stereocenters. The van der Waals surface area contributed by atoms with Crippen LogP contribution in [0.3, 0.4) is 0 Å². The average molecular weight is 186 g/mol. The monoisotopic (exact) mass is 185 g/mol. The standard InChI is InChI=1S/C9H12ClNO/c1-3-7-5-11-6(2)9(12)8(7)4-10/h5,12H,3-4H2,1-2H3. The van der Waals surface area contributed by atoms with E-state index in [0.29, 0.717) is 11.6 Å². The second-order valence-corrected chi connectivity index (χ2v) is 2.95. The van der Waals surface area contributed by atoms with Crippen molar-refractivity contribution in [2.24, 2.45) is 0 Å². The van der Waals surface area contributed by atoms with Crippen LogP contribution in [0.1, 0.15) is 23.7 Å². The molecule has 0 aliphatic rings. The molecule has 0 atom stereocenters. The van der Waals surface area contributed by atoms with E-state index < -0.39 is 0 Å².